The molecule has 0 fully saturated rings. The van der Waals surface area contributed by atoms with Crippen LogP contribution in [0.4, 0.5) is 5.69 Å². The molecule has 1 amide bonds. The molecule has 0 saturated heterocycles. The number of hydrogen-bond donors (Lipinski definition) is 1. The van der Waals surface area contributed by atoms with Crippen molar-refractivity contribution in [3.63, 3.8) is 0 Å². The fourth-order valence-corrected chi connectivity index (χ4v) is 1.86. The van der Waals surface area contributed by atoms with E-state index in [1.54, 1.807) is 45.3 Å². The maximum atomic E-state index is 12.0. The first kappa shape index (κ1) is 15.3. The van der Waals surface area contributed by atoms with E-state index in [-0.39, 0.29) is 12.5 Å². The van der Waals surface area contributed by atoms with Crippen LogP contribution in [-0.4, -0.2) is 48.6 Å². The van der Waals surface area contributed by atoms with E-state index in [1.807, 2.05) is 0 Å². The van der Waals surface area contributed by atoms with E-state index in [0.717, 1.165) is 0 Å². The molecular weight excluding hydrogens is 268 g/mol. The molecule has 6 heteroatoms. The molecule has 0 bridgehead atoms. The second-order valence-corrected chi connectivity index (χ2v) is 4.84. The Balaban J connectivity index is 3.03. The Morgan fingerprint density at radius 3 is 2.21 bits per heavy atom. The van der Waals surface area contributed by atoms with E-state index in [1.165, 1.54) is 9.80 Å². The molecule has 0 spiro atoms. The standard InChI is InChI=1S/C13H17ClN2O3/c1-9(13(19)15(2)3)16(8-12(17)18)11-6-4-10(14)5-7-11/h4-7,9H,8H2,1-3H3,(H,17,18). The monoisotopic (exact) mass is 284 g/mol. The zero-order valence-corrected chi connectivity index (χ0v) is 11.9. The van der Waals surface area contributed by atoms with Gasteiger partial charge in [-0.2, -0.15) is 0 Å². The molecule has 19 heavy (non-hydrogen) atoms. The van der Waals surface area contributed by atoms with Gasteiger partial charge in [-0.25, -0.2) is 0 Å². The van der Waals surface area contributed by atoms with E-state index in [4.69, 9.17) is 16.7 Å². The molecule has 0 radical (unpaired) electrons. The summed E-state index contributed by atoms with van der Waals surface area (Å²) in [5.74, 6) is -1.15. The first-order valence-corrected chi connectivity index (χ1v) is 6.16. The topological polar surface area (TPSA) is 60.9 Å². The van der Waals surface area contributed by atoms with Crippen LogP contribution in [0.2, 0.25) is 5.02 Å². The van der Waals surface area contributed by atoms with Gasteiger partial charge in [-0.15, -0.1) is 0 Å². The minimum atomic E-state index is -0.992. The van der Waals surface area contributed by atoms with Crippen molar-refractivity contribution < 1.29 is 14.7 Å². The van der Waals surface area contributed by atoms with Gasteiger partial charge in [-0.1, -0.05) is 11.6 Å². The molecule has 0 aromatic heterocycles. The van der Waals surface area contributed by atoms with Crippen LogP contribution in [0, 0.1) is 0 Å². The van der Waals surface area contributed by atoms with E-state index in [9.17, 15) is 9.59 Å². The number of amides is 1. The quantitative estimate of drug-likeness (QED) is 0.894. The van der Waals surface area contributed by atoms with Gasteiger partial charge in [0.15, 0.2) is 0 Å². The molecule has 0 aliphatic heterocycles. The van der Waals surface area contributed by atoms with Crippen molar-refractivity contribution in [2.45, 2.75) is 13.0 Å². The third kappa shape index (κ3) is 4.13. The number of anilines is 1. The van der Waals surface area contributed by atoms with Gasteiger partial charge in [0.25, 0.3) is 0 Å². The molecule has 1 aromatic carbocycles. The van der Waals surface area contributed by atoms with Crippen molar-refractivity contribution in [2.75, 3.05) is 25.5 Å². The molecular formula is C13H17ClN2O3. The van der Waals surface area contributed by atoms with Crippen LogP contribution in [0.25, 0.3) is 0 Å². The Labute approximate surface area is 117 Å². The van der Waals surface area contributed by atoms with Crippen molar-refractivity contribution in [1.29, 1.82) is 0 Å². The number of rotatable bonds is 5. The Hall–Kier alpha value is -1.75. The zero-order chi connectivity index (χ0) is 14.6. The van der Waals surface area contributed by atoms with Gasteiger partial charge < -0.3 is 14.9 Å². The highest BCUT2D eigenvalue weighted by Crippen LogP contribution is 2.20. The molecule has 1 N–H and O–H groups in total. The van der Waals surface area contributed by atoms with Crippen molar-refractivity contribution >= 4 is 29.2 Å². The Bertz CT molecular complexity index is 459. The number of benzene rings is 1. The van der Waals surface area contributed by atoms with Gasteiger partial charge in [0.2, 0.25) is 5.91 Å². The smallest absolute Gasteiger partial charge is 0.323 e. The maximum Gasteiger partial charge on any atom is 0.323 e. The van der Waals surface area contributed by atoms with E-state index < -0.39 is 12.0 Å². The first-order valence-electron chi connectivity index (χ1n) is 5.78. The molecule has 0 saturated carbocycles. The number of carbonyl (C=O) groups excluding carboxylic acids is 1. The van der Waals surface area contributed by atoms with Crippen molar-refractivity contribution in [1.82, 2.24) is 4.90 Å². The van der Waals surface area contributed by atoms with Gasteiger partial charge in [-0.3, -0.25) is 9.59 Å². The second-order valence-electron chi connectivity index (χ2n) is 4.41. The highest BCUT2D eigenvalue weighted by atomic mass is 35.5. The Kier molecular flexibility index (Phi) is 5.18. The lowest BCUT2D eigenvalue weighted by Crippen LogP contribution is -2.46. The van der Waals surface area contributed by atoms with Crippen LogP contribution in [0.15, 0.2) is 24.3 Å². The number of likely N-dealkylation sites (N-methyl/N-ethyl adjacent to an activating group) is 1. The summed E-state index contributed by atoms with van der Waals surface area (Å²) >= 11 is 5.80. The van der Waals surface area contributed by atoms with Crippen LogP contribution >= 0.6 is 11.6 Å². The highest BCUT2D eigenvalue weighted by molar-refractivity contribution is 6.30. The van der Waals surface area contributed by atoms with Gasteiger partial charge in [0.1, 0.15) is 12.6 Å². The summed E-state index contributed by atoms with van der Waals surface area (Å²) in [4.78, 5) is 25.9. The molecule has 1 atom stereocenters. The minimum absolute atomic E-state index is 0.156. The molecule has 1 aromatic rings. The van der Waals surface area contributed by atoms with Crippen LogP contribution < -0.4 is 4.90 Å². The van der Waals surface area contributed by atoms with Crippen molar-refractivity contribution in [3.05, 3.63) is 29.3 Å². The third-order valence-electron chi connectivity index (χ3n) is 2.73. The SMILES string of the molecule is CC(C(=O)N(C)C)N(CC(=O)O)c1ccc(Cl)cc1. The number of carboxylic acids is 1. The fraction of sp³-hybridized carbons (Fsp3) is 0.385. The largest absolute Gasteiger partial charge is 0.480 e. The summed E-state index contributed by atoms with van der Waals surface area (Å²) < 4.78 is 0. The summed E-state index contributed by atoms with van der Waals surface area (Å²) in [5.41, 5.74) is 0.648. The van der Waals surface area contributed by atoms with Gasteiger partial charge in [-0.05, 0) is 31.2 Å². The van der Waals surface area contributed by atoms with Crippen LogP contribution in [0.5, 0.6) is 0 Å². The van der Waals surface area contributed by atoms with Crippen LogP contribution in [0.1, 0.15) is 6.92 Å². The predicted octanol–water partition coefficient (Wildman–Crippen LogP) is 1.71. The molecule has 5 nitrogen and oxygen atoms in total. The summed E-state index contributed by atoms with van der Waals surface area (Å²) in [7, 11) is 3.28. The normalized spacial score (nSPS) is 11.8. The maximum absolute atomic E-state index is 12.0. The van der Waals surface area contributed by atoms with Gasteiger partial charge >= 0.3 is 5.97 Å². The third-order valence-corrected chi connectivity index (χ3v) is 2.98. The lowest BCUT2D eigenvalue weighted by molar-refractivity contribution is -0.135. The number of aliphatic carboxylic acids is 1. The molecule has 0 aliphatic carbocycles. The van der Waals surface area contributed by atoms with Gasteiger partial charge in [0, 0.05) is 24.8 Å². The number of nitrogens with zero attached hydrogens (tertiary/aromatic N) is 2. The Morgan fingerprint density at radius 2 is 1.79 bits per heavy atom. The predicted molar refractivity (Wildman–Crippen MR) is 74.6 cm³/mol. The summed E-state index contributed by atoms with van der Waals surface area (Å²) in [6.07, 6.45) is 0. The Morgan fingerprint density at radius 1 is 1.26 bits per heavy atom. The van der Waals surface area contributed by atoms with Crippen molar-refractivity contribution in [3.8, 4) is 0 Å². The molecule has 1 unspecified atom stereocenters. The lowest BCUT2D eigenvalue weighted by atomic mass is 10.2. The molecule has 0 aliphatic rings. The summed E-state index contributed by atoms with van der Waals surface area (Å²) in [5, 5.41) is 9.54. The number of hydrogen-bond acceptors (Lipinski definition) is 3. The summed E-state index contributed by atoms with van der Waals surface area (Å²) in [6, 6.07) is 6.17. The zero-order valence-electron chi connectivity index (χ0n) is 11.1. The number of carbonyl (C=O) groups is 2. The molecule has 1 rings (SSSR count). The number of halogens is 1. The van der Waals surface area contributed by atoms with E-state index in [0.29, 0.717) is 10.7 Å². The fourth-order valence-electron chi connectivity index (χ4n) is 1.74. The van der Waals surface area contributed by atoms with Crippen LogP contribution in [-0.2, 0) is 9.59 Å². The van der Waals surface area contributed by atoms with Crippen LogP contribution in [0.3, 0.4) is 0 Å². The molecule has 104 valence electrons. The average Bonchev–Trinajstić information content (AvgIpc) is 2.35. The van der Waals surface area contributed by atoms with E-state index >= 15 is 0 Å². The molecule has 0 heterocycles. The minimum Gasteiger partial charge on any atom is -0.480 e. The first-order chi connectivity index (χ1) is 8.82. The van der Waals surface area contributed by atoms with E-state index in [2.05, 4.69) is 0 Å². The summed E-state index contributed by atoms with van der Waals surface area (Å²) in [6.45, 7) is 1.43. The lowest BCUT2D eigenvalue weighted by Gasteiger charge is -2.30. The average molecular weight is 285 g/mol. The highest BCUT2D eigenvalue weighted by Gasteiger charge is 2.24. The van der Waals surface area contributed by atoms with Gasteiger partial charge in [0.05, 0.1) is 0 Å². The second kappa shape index (κ2) is 6.43. The van der Waals surface area contributed by atoms with Crippen molar-refractivity contribution in [2.24, 2.45) is 0 Å². The number of carboxylic acid groups (broad SMARTS) is 1.